The summed E-state index contributed by atoms with van der Waals surface area (Å²) in [4.78, 5) is 32.9. The molecule has 0 aliphatic carbocycles. The maximum absolute atomic E-state index is 12.1. The van der Waals surface area contributed by atoms with E-state index in [9.17, 15) is 19.0 Å². The van der Waals surface area contributed by atoms with Crippen molar-refractivity contribution < 1.29 is 37.6 Å². The van der Waals surface area contributed by atoms with E-state index < -0.39 is 32.5 Å². The average molecular weight is 664 g/mol. The van der Waals surface area contributed by atoms with E-state index in [-0.39, 0.29) is 26.2 Å². The summed E-state index contributed by atoms with van der Waals surface area (Å²) < 4.78 is 31.4. The van der Waals surface area contributed by atoms with Crippen LogP contribution < -0.4 is 5.73 Å². The predicted octanol–water partition coefficient (Wildman–Crippen LogP) is 9.72. The highest BCUT2D eigenvalue weighted by Gasteiger charge is 2.25. The Morgan fingerprint density at radius 2 is 1.00 bits per heavy atom. The highest BCUT2D eigenvalue weighted by molar-refractivity contribution is 7.47. The van der Waals surface area contributed by atoms with Crippen molar-refractivity contribution in [3.05, 3.63) is 0 Å². The molecule has 0 saturated heterocycles. The number of hydrogen-bond donors (Lipinski definition) is 2. The Balaban J connectivity index is 3.49. The Bertz CT molecular complexity index is 724. The minimum absolute atomic E-state index is 0.0541. The largest absolute Gasteiger partial charge is 0.472 e. The molecule has 0 aromatic carbocycles. The SMILES string of the molecule is CCCCCCCCCCCCCCCCCCCCCCCCCCCC(=O)OC[C@H](COP(=O)(O)OCCN)OC(C)=O. The first-order valence-electron chi connectivity index (χ1n) is 18.5. The van der Waals surface area contributed by atoms with Crippen LogP contribution >= 0.6 is 7.82 Å². The number of unbranched alkanes of at least 4 members (excludes halogenated alkanes) is 24. The number of nitrogens with two attached hydrogens (primary N) is 1. The molecule has 45 heavy (non-hydrogen) atoms. The van der Waals surface area contributed by atoms with Gasteiger partial charge in [0, 0.05) is 19.9 Å². The topological polar surface area (TPSA) is 134 Å². The third kappa shape index (κ3) is 34.2. The molecule has 0 aromatic heterocycles. The van der Waals surface area contributed by atoms with E-state index in [1.54, 1.807) is 0 Å². The molecule has 10 heteroatoms. The number of carbonyl (C=O) groups excluding carboxylic acids is 2. The van der Waals surface area contributed by atoms with E-state index in [1.807, 2.05) is 0 Å². The lowest BCUT2D eigenvalue weighted by Gasteiger charge is -2.19. The molecular weight excluding hydrogens is 593 g/mol. The molecule has 0 aromatic rings. The van der Waals surface area contributed by atoms with E-state index >= 15 is 0 Å². The standard InChI is InChI=1S/C35H70NO8P/c1-3-4-5-6-7-8-9-10-11-12-13-14-15-16-17-18-19-20-21-22-23-24-25-26-27-28-35(38)41-31-34(44-33(2)37)32-43-45(39,40)42-30-29-36/h34H,3-32,36H2,1-2H3,(H,39,40)/t34-/m1/s1. The third-order valence-corrected chi connectivity index (χ3v) is 9.03. The number of phosphoric ester groups is 1. The Kier molecular flexibility index (Phi) is 32.2. The number of esters is 2. The minimum atomic E-state index is -4.32. The summed E-state index contributed by atoms with van der Waals surface area (Å²) in [5, 5.41) is 0. The van der Waals surface area contributed by atoms with Gasteiger partial charge in [-0.05, 0) is 6.42 Å². The van der Waals surface area contributed by atoms with Gasteiger partial charge in [0.1, 0.15) is 6.61 Å². The second-order valence-electron chi connectivity index (χ2n) is 12.5. The van der Waals surface area contributed by atoms with Crippen LogP contribution in [0.15, 0.2) is 0 Å². The molecule has 0 spiro atoms. The number of phosphoric acid groups is 1. The Morgan fingerprint density at radius 1 is 0.622 bits per heavy atom. The summed E-state index contributed by atoms with van der Waals surface area (Å²) in [5.41, 5.74) is 5.24. The number of ether oxygens (including phenoxy) is 2. The first-order chi connectivity index (χ1) is 21.8. The Morgan fingerprint density at radius 3 is 1.36 bits per heavy atom. The summed E-state index contributed by atoms with van der Waals surface area (Å²) in [5.74, 6) is -1.01. The van der Waals surface area contributed by atoms with Gasteiger partial charge in [-0.3, -0.25) is 18.6 Å². The second kappa shape index (κ2) is 32.9. The molecule has 2 atom stereocenters. The molecule has 0 saturated carbocycles. The number of rotatable bonds is 35. The van der Waals surface area contributed by atoms with Crippen molar-refractivity contribution in [1.82, 2.24) is 0 Å². The molecule has 0 rings (SSSR count). The quantitative estimate of drug-likeness (QED) is 0.0386. The first kappa shape index (κ1) is 44.0. The smallest absolute Gasteiger partial charge is 0.462 e. The van der Waals surface area contributed by atoms with Gasteiger partial charge in [-0.25, -0.2) is 4.57 Å². The molecule has 0 fully saturated rings. The molecular formula is C35H70NO8P. The van der Waals surface area contributed by atoms with Crippen molar-refractivity contribution in [2.45, 2.75) is 187 Å². The van der Waals surface area contributed by atoms with Gasteiger partial charge in [0.15, 0.2) is 6.10 Å². The van der Waals surface area contributed by atoms with Crippen LogP contribution in [0.25, 0.3) is 0 Å². The van der Waals surface area contributed by atoms with Crippen LogP contribution in [0.5, 0.6) is 0 Å². The molecule has 268 valence electrons. The van der Waals surface area contributed by atoms with Crippen LogP contribution in [0.2, 0.25) is 0 Å². The zero-order valence-corrected chi connectivity index (χ0v) is 30.0. The highest BCUT2D eigenvalue weighted by atomic mass is 31.2. The second-order valence-corrected chi connectivity index (χ2v) is 14.0. The normalized spacial score (nSPS) is 13.4. The maximum atomic E-state index is 12.1. The average Bonchev–Trinajstić information content (AvgIpc) is 3.01. The van der Waals surface area contributed by atoms with Crippen molar-refractivity contribution in [3.8, 4) is 0 Å². The molecule has 0 bridgehead atoms. The van der Waals surface area contributed by atoms with Crippen molar-refractivity contribution in [3.63, 3.8) is 0 Å². The zero-order chi connectivity index (χ0) is 33.3. The predicted molar refractivity (Wildman–Crippen MR) is 183 cm³/mol. The zero-order valence-electron chi connectivity index (χ0n) is 29.1. The molecule has 3 N–H and O–H groups in total. The summed E-state index contributed by atoms with van der Waals surface area (Å²) >= 11 is 0. The molecule has 0 heterocycles. The molecule has 1 unspecified atom stereocenters. The van der Waals surface area contributed by atoms with E-state index in [0.717, 1.165) is 19.3 Å². The minimum Gasteiger partial charge on any atom is -0.462 e. The summed E-state index contributed by atoms with van der Waals surface area (Å²) in [6, 6.07) is 0. The molecule has 0 radical (unpaired) electrons. The van der Waals surface area contributed by atoms with Crippen molar-refractivity contribution in [1.29, 1.82) is 0 Å². The van der Waals surface area contributed by atoms with E-state index in [4.69, 9.17) is 19.7 Å². The van der Waals surface area contributed by atoms with Crippen LogP contribution in [0.3, 0.4) is 0 Å². The lowest BCUT2D eigenvalue weighted by atomic mass is 10.0. The third-order valence-electron chi connectivity index (χ3n) is 8.04. The van der Waals surface area contributed by atoms with E-state index in [1.165, 1.54) is 148 Å². The lowest BCUT2D eigenvalue weighted by molar-refractivity contribution is -0.159. The monoisotopic (exact) mass is 663 g/mol. The van der Waals surface area contributed by atoms with Crippen LogP contribution in [-0.2, 0) is 32.7 Å². The molecule has 0 aliphatic rings. The Hall–Kier alpha value is -0.990. The van der Waals surface area contributed by atoms with Gasteiger partial charge in [-0.2, -0.15) is 0 Å². The van der Waals surface area contributed by atoms with Crippen molar-refractivity contribution >= 4 is 19.8 Å². The fraction of sp³-hybridized carbons (Fsp3) is 0.943. The van der Waals surface area contributed by atoms with Gasteiger partial charge < -0.3 is 20.1 Å². The number of hydrogen-bond acceptors (Lipinski definition) is 8. The van der Waals surface area contributed by atoms with Gasteiger partial charge in [0.2, 0.25) is 0 Å². The first-order valence-corrected chi connectivity index (χ1v) is 19.9. The van der Waals surface area contributed by atoms with Crippen LogP contribution in [0.4, 0.5) is 0 Å². The van der Waals surface area contributed by atoms with Gasteiger partial charge in [-0.15, -0.1) is 0 Å². The van der Waals surface area contributed by atoms with Gasteiger partial charge in [-0.1, -0.05) is 161 Å². The highest BCUT2D eigenvalue weighted by Crippen LogP contribution is 2.43. The summed E-state index contributed by atoms with van der Waals surface area (Å²) in [7, 11) is -4.32. The Labute approximate surface area is 276 Å². The fourth-order valence-corrected chi connectivity index (χ4v) is 6.17. The van der Waals surface area contributed by atoms with Crippen LogP contribution in [-0.4, -0.2) is 49.3 Å². The van der Waals surface area contributed by atoms with Gasteiger partial charge in [0.25, 0.3) is 0 Å². The van der Waals surface area contributed by atoms with Gasteiger partial charge in [0.05, 0.1) is 13.2 Å². The molecule has 0 amide bonds. The summed E-state index contributed by atoms with van der Waals surface area (Å²) in [6.45, 7) is 2.69. The van der Waals surface area contributed by atoms with Crippen molar-refractivity contribution in [2.75, 3.05) is 26.4 Å². The maximum Gasteiger partial charge on any atom is 0.472 e. The van der Waals surface area contributed by atoms with E-state index in [2.05, 4.69) is 11.4 Å². The summed E-state index contributed by atoms with van der Waals surface area (Å²) in [6.07, 6.45) is 32.6. The van der Waals surface area contributed by atoms with E-state index in [0.29, 0.717) is 0 Å². The van der Waals surface area contributed by atoms with Gasteiger partial charge >= 0.3 is 19.8 Å². The molecule has 9 nitrogen and oxygen atoms in total. The van der Waals surface area contributed by atoms with Crippen molar-refractivity contribution in [2.24, 2.45) is 5.73 Å². The molecule has 0 aliphatic heterocycles. The number of carbonyl (C=O) groups is 2. The van der Waals surface area contributed by atoms with Crippen LogP contribution in [0, 0.1) is 0 Å². The lowest BCUT2D eigenvalue weighted by Crippen LogP contribution is -2.28. The fourth-order valence-electron chi connectivity index (χ4n) is 5.40. The van der Waals surface area contributed by atoms with Crippen LogP contribution in [0.1, 0.15) is 181 Å².